The van der Waals surface area contributed by atoms with Crippen molar-refractivity contribution in [3.8, 4) is 0 Å². The molecular weight excluding hydrogens is 238 g/mol. The van der Waals surface area contributed by atoms with Gasteiger partial charge in [0, 0.05) is 10.7 Å². The molecule has 1 fully saturated rings. The lowest BCUT2D eigenvalue weighted by molar-refractivity contribution is -0.115. The molecule has 0 radical (unpaired) electrons. The number of carbonyl (C=O) groups excluding carboxylic acids is 1. The van der Waals surface area contributed by atoms with Gasteiger partial charge in [-0.2, -0.15) is 0 Å². The normalized spacial score (nSPS) is 20.0. The molecule has 2 aliphatic rings. The van der Waals surface area contributed by atoms with Gasteiger partial charge < -0.3 is 10.4 Å². The zero-order valence-corrected chi connectivity index (χ0v) is 10.1. The molecule has 1 unspecified atom stereocenters. The number of hydrogen-bond acceptors (Lipinski definition) is 2. The van der Waals surface area contributed by atoms with Gasteiger partial charge in [-0.15, -0.1) is 0 Å². The lowest BCUT2D eigenvalue weighted by Gasteiger charge is -2.13. The molecule has 0 aromatic heterocycles. The van der Waals surface area contributed by atoms with Gasteiger partial charge in [-0.3, -0.25) is 4.79 Å². The van der Waals surface area contributed by atoms with Crippen LogP contribution in [-0.2, 0) is 11.2 Å². The number of nitrogens with one attached hydrogen (secondary N) is 1. The maximum atomic E-state index is 11.3. The number of fused-ring (bicyclic) bond motifs is 1. The van der Waals surface area contributed by atoms with E-state index in [2.05, 4.69) is 5.32 Å². The summed E-state index contributed by atoms with van der Waals surface area (Å²) in [5.41, 5.74) is 2.47. The quantitative estimate of drug-likeness (QED) is 0.868. The number of hydrogen-bond donors (Lipinski definition) is 2. The summed E-state index contributed by atoms with van der Waals surface area (Å²) >= 11 is 6.14. The molecule has 90 valence electrons. The van der Waals surface area contributed by atoms with Gasteiger partial charge in [-0.25, -0.2) is 0 Å². The van der Waals surface area contributed by atoms with Crippen LogP contribution in [0, 0.1) is 5.92 Å². The van der Waals surface area contributed by atoms with Gasteiger partial charge in [-0.05, 0) is 35.6 Å². The Labute approximate surface area is 105 Å². The standard InChI is InChI=1S/C13H14ClNO2/c14-10-6-11-8(5-13(17)15-11)4-9(10)12(16)3-7-1-2-7/h4,6-7,12,16H,1-3,5H2,(H,15,17). The van der Waals surface area contributed by atoms with E-state index in [1.807, 2.05) is 6.07 Å². The number of halogens is 1. The maximum absolute atomic E-state index is 11.3. The zero-order valence-electron chi connectivity index (χ0n) is 9.37. The second kappa shape index (κ2) is 4.00. The number of rotatable bonds is 3. The van der Waals surface area contributed by atoms with Crippen LogP contribution in [0.1, 0.15) is 36.5 Å². The molecule has 1 aromatic carbocycles. The Morgan fingerprint density at radius 2 is 2.24 bits per heavy atom. The molecule has 0 spiro atoms. The summed E-state index contributed by atoms with van der Waals surface area (Å²) in [4.78, 5) is 11.3. The van der Waals surface area contributed by atoms with Gasteiger partial charge in [0.05, 0.1) is 12.5 Å². The molecule has 1 atom stereocenters. The van der Waals surface area contributed by atoms with Crippen molar-refractivity contribution in [1.82, 2.24) is 0 Å². The monoisotopic (exact) mass is 251 g/mol. The third-order valence-electron chi connectivity index (χ3n) is 3.46. The summed E-state index contributed by atoms with van der Waals surface area (Å²) in [7, 11) is 0. The molecule has 1 aliphatic carbocycles. The highest BCUT2D eigenvalue weighted by atomic mass is 35.5. The molecule has 1 amide bonds. The van der Waals surface area contributed by atoms with E-state index in [0.717, 1.165) is 23.2 Å². The number of benzene rings is 1. The molecule has 0 saturated heterocycles. The fourth-order valence-corrected chi connectivity index (χ4v) is 2.61. The van der Waals surface area contributed by atoms with Crippen molar-refractivity contribution in [2.45, 2.75) is 31.8 Å². The van der Waals surface area contributed by atoms with Crippen molar-refractivity contribution in [1.29, 1.82) is 0 Å². The molecule has 3 rings (SSSR count). The van der Waals surface area contributed by atoms with E-state index in [-0.39, 0.29) is 5.91 Å². The summed E-state index contributed by atoms with van der Waals surface area (Å²) in [5.74, 6) is 0.638. The topological polar surface area (TPSA) is 49.3 Å². The summed E-state index contributed by atoms with van der Waals surface area (Å²) in [6, 6.07) is 3.61. The van der Waals surface area contributed by atoms with Crippen molar-refractivity contribution in [2.75, 3.05) is 5.32 Å². The molecular formula is C13H14ClNO2. The average molecular weight is 252 g/mol. The minimum absolute atomic E-state index is 0.00935. The van der Waals surface area contributed by atoms with E-state index in [0.29, 0.717) is 17.4 Å². The van der Waals surface area contributed by atoms with E-state index < -0.39 is 6.10 Å². The summed E-state index contributed by atoms with van der Waals surface area (Å²) in [6.45, 7) is 0. The van der Waals surface area contributed by atoms with E-state index in [4.69, 9.17) is 11.6 Å². The molecule has 1 aliphatic heterocycles. The van der Waals surface area contributed by atoms with Gasteiger partial charge in [0.15, 0.2) is 0 Å². The molecule has 4 heteroatoms. The Hall–Kier alpha value is -1.06. The van der Waals surface area contributed by atoms with Crippen molar-refractivity contribution in [2.24, 2.45) is 5.92 Å². The minimum atomic E-state index is -0.504. The zero-order chi connectivity index (χ0) is 12.0. The minimum Gasteiger partial charge on any atom is -0.388 e. The average Bonchev–Trinajstić information content (AvgIpc) is 2.98. The molecule has 2 N–H and O–H groups in total. The van der Waals surface area contributed by atoms with Gasteiger partial charge in [0.1, 0.15) is 0 Å². The van der Waals surface area contributed by atoms with Gasteiger partial charge in [-0.1, -0.05) is 24.4 Å². The van der Waals surface area contributed by atoms with Crippen molar-refractivity contribution < 1.29 is 9.90 Å². The predicted molar refractivity (Wildman–Crippen MR) is 66.1 cm³/mol. The van der Waals surface area contributed by atoms with Crippen LogP contribution in [0.4, 0.5) is 5.69 Å². The SMILES string of the molecule is O=C1Cc2cc(C(O)CC3CC3)c(Cl)cc2N1. The van der Waals surface area contributed by atoms with Crippen molar-refractivity contribution in [3.05, 3.63) is 28.3 Å². The third kappa shape index (κ3) is 2.17. The van der Waals surface area contributed by atoms with E-state index in [9.17, 15) is 9.90 Å². The van der Waals surface area contributed by atoms with Crippen molar-refractivity contribution >= 4 is 23.2 Å². The number of anilines is 1. The van der Waals surface area contributed by atoms with E-state index >= 15 is 0 Å². The van der Waals surface area contributed by atoms with Crippen LogP contribution in [-0.4, -0.2) is 11.0 Å². The van der Waals surface area contributed by atoms with E-state index in [1.54, 1.807) is 6.07 Å². The first-order valence-corrected chi connectivity index (χ1v) is 6.31. The number of aliphatic hydroxyl groups excluding tert-OH is 1. The molecule has 3 nitrogen and oxygen atoms in total. The third-order valence-corrected chi connectivity index (χ3v) is 3.79. The Morgan fingerprint density at radius 3 is 2.94 bits per heavy atom. The highest BCUT2D eigenvalue weighted by Gasteiger charge is 2.27. The first kappa shape index (κ1) is 11.1. The Balaban J connectivity index is 1.89. The maximum Gasteiger partial charge on any atom is 0.228 e. The second-order valence-electron chi connectivity index (χ2n) is 4.95. The molecule has 1 saturated carbocycles. The Kier molecular flexibility index (Phi) is 2.60. The Bertz CT molecular complexity index is 483. The fraction of sp³-hybridized carbons (Fsp3) is 0.462. The number of aliphatic hydroxyl groups is 1. The highest BCUT2D eigenvalue weighted by Crippen LogP contribution is 2.40. The van der Waals surface area contributed by atoms with Crippen LogP contribution in [0.2, 0.25) is 5.02 Å². The molecule has 0 bridgehead atoms. The van der Waals surface area contributed by atoms with E-state index in [1.165, 1.54) is 12.8 Å². The van der Waals surface area contributed by atoms with Crippen LogP contribution in [0.15, 0.2) is 12.1 Å². The summed E-state index contributed by atoms with van der Waals surface area (Å²) in [6.07, 6.45) is 3.07. The largest absolute Gasteiger partial charge is 0.388 e. The second-order valence-corrected chi connectivity index (χ2v) is 5.36. The first-order chi connectivity index (χ1) is 8.13. The lowest BCUT2D eigenvalue weighted by atomic mass is 10.0. The van der Waals surface area contributed by atoms with Crippen LogP contribution in [0.3, 0.4) is 0 Å². The molecule has 1 heterocycles. The van der Waals surface area contributed by atoms with Crippen LogP contribution >= 0.6 is 11.6 Å². The summed E-state index contributed by atoms with van der Waals surface area (Å²) < 4.78 is 0. The highest BCUT2D eigenvalue weighted by molar-refractivity contribution is 6.32. The Morgan fingerprint density at radius 1 is 1.47 bits per heavy atom. The van der Waals surface area contributed by atoms with Crippen LogP contribution < -0.4 is 5.32 Å². The number of carbonyl (C=O) groups is 1. The van der Waals surface area contributed by atoms with Gasteiger partial charge in [0.25, 0.3) is 0 Å². The fourth-order valence-electron chi connectivity index (χ4n) is 2.32. The lowest BCUT2D eigenvalue weighted by Crippen LogP contribution is -2.03. The predicted octanol–water partition coefficient (Wildman–Crippen LogP) is 2.67. The smallest absolute Gasteiger partial charge is 0.228 e. The molecule has 1 aromatic rings. The van der Waals surface area contributed by atoms with Crippen LogP contribution in [0.25, 0.3) is 0 Å². The first-order valence-electron chi connectivity index (χ1n) is 5.93. The van der Waals surface area contributed by atoms with Crippen LogP contribution in [0.5, 0.6) is 0 Å². The summed E-state index contributed by atoms with van der Waals surface area (Å²) in [5, 5.41) is 13.4. The van der Waals surface area contributed by atoms with Gasteiger partial charge >= 0.3 is 0 Å². The number of amides is 1. The van der Waals surface area contributed by atoms with Crippen molar-refractivity contribution in [3.63, 3.8) is 0 Å². The molecule has 17 heavy (non-hydrogen) atoms. The van der Waals surface area contributed by atoms with Gasteiger partial charge in [0.2, 0.25) is 5.91 Å².